The van der Waals surface area contributed by atoms with Gasteiger partial charge in [0.1, 0.15) is 5.56 Å². The van der Waals surface area contributed by atoms with Crippen molar-refractivity contribution in [2.24, 2.45) is 0 Å². The van der Waals surface area contributed by atoms with Crippen molar-refractivity contribution >= 4 is 5.97 Å². The van der Waals surface area contributed by atoms with E-state index < -0.39 is 17.7 Å². The molecule has 2 rings (SSSR count). The lowest BCUT2D eigenvalue weighted by Gasteiger charge is -2.11. The fourth-order valence-electron chi connectivity index (χ4n) is 1.72. The van der Waals surface area contributed by atoms with Crippen molar-refractivity contribution in [3.8, 4) is 11.3 Å². The first kappa shape index (κ1) is 14.1. The minimum atomic E-state index is -4.56. The van der Waals surface area contributed by atoms with Gasteiger partial charge in [-0.3, -0.25) is 0 Å². The zero-order valence-corrected chi connectivity index (χ0v) is 10.4. The number of hydrogen-bond donors (Lipinski definition) is 0. The van der Waals surface area contributed by atoms with E-state index in [1.807, 2.05) is 0 Å². The van der Waals surface area contributed by atoms with E-state index in [0.717, 1.165) is 12.3 Å². The van der Waals surface area contributed by atoms with Crippen LogP contribution in [0.15, 0.2) is 35.0 Å². The van der Waals surface area contributed by atoms with Gasteiger partial charge in [0, 0.05) is 5.56 Å². The summed E-state index contributed by atoms with van der Waals surface area (Å²) < 4.78 is 48.4. The molecule has 20 heavy (non-hydrogen) atoms. The Morgan fingerprint density at radius 3 is 2.70 bits per heavy atom. The largest absolute Gasteiger partial charge is 0.462 e. The normalized spacial score (nSPS) is 11.4. The van der Waals surface area contributed by atoms with Gasteiger partial charge in [0.15, 0.2) is 5.76 Å². The van der Waals surface area contributed by atoms with Gasteiger partial charge in [-0.15, -0.1) is 0 Å². The quantitative estimate of drug-likeness (QED) is 0.809. The highest BCUT2D eigenvalue weighted by Crippen LogP contribution is 2.38. The lowest BCUT2D eigenvalue weighted by molar-refractivity contribution is -0.137. The van der Waals surface area contributed by atoms with Crippen LogP contribution < -0.4 is 0 Å². The Morgan fingerprint density at radius 2 is 2.05 bits per heavy atom. The number of alkyl halides is 3. The van der Waals surface area contributed by atoms with Crippen LogP contribution in [0.3, 0.4) is 0 Å². The van der Waals surface area contributed by atoms with E-state index >= 15 is 0 Å². The van der Waals surface area contributed by atoms with Gasteiger partial charge in [0.05, 0.1) is 18.4 Å². The standard InChI is InChI=1S/C13H10F3NO3/c1-2-19-12(18)9-7-17-20-11(9)8-5-3-4-6-10(8)13(14,15)16/h3-7H,2H2,1H3. The van der Waals surface area contributed by atoms with E-state index in [1.54, 1.807) is 6.92 Å². The molecule has 0 fully saturated rings. The Labute approximate surface area is 112 Å². The molecule has 0 saturated heterocycles. The smallest absolute Gasteiger partial charge is 0.417 e. The molecular formula is C13H10F3NO3. The van der Waals surface area contributed by atoms with Crippen molar-refractivity contribution in [3.05, 3.63) is 41.6 Å². The van der Waals surface area contributed by atoms with Crippen LogP contribution in [0.4, 0.5) is 13.2 Å². The molecule has 7 heteroatoms. The van der Waals surface area contributed by atoms with Crippen molar-refractivity contribution in [2.45, 2.75) is 13.1 Å². The third-order valence-corrected chi connectivity index (χ3v) is 2.54. The van der Waals surface area contributed by atoms with Crippen LogP contribution in [-0.4, -0.2) is 17.7 Å². The summed E-state index contributed by atoms with van der Waals surface area (Å²) in [4.78, 5) is 11.7. The Morgan fingerprint density at radius 1 is 1.35 bits per heavy atom. The zero-order valence-electron chi connectivity index (χ0n) is 10.4. The van der Waals surface area contributed by atoms with Gasteiger partial charge in [0.2, 0.25) is 0 Å². The molecule has 0 aliphatic heterocycles. The molecule has 0 spiro atoms. The molecule has 0 unspecified atom stereocenters. The molecule has 1 aromatic heterocycles. The van der Waals surface area contributed by atoms with Gasteiger partial charge in [-0.1, -0.05) is 23.4 Å². The topological polar surface area (TPSA) is 52.3 Å². The second-order valence-electron chi connectivity index (χ2n) is 3.83. The number of benzene rings is 1. The minimum absolute atomic E-state index is 0.102. The first-order valence-electron chi connectivity index (χ1n) is 5.73. The highest BCUT2D eigenvalue weighted by atomic mass is 19.4. The summed E-state index contributed by atoms with van der Waals surface area (Å²) in [5, 5.41) is 3.38. The first-order chi connectivity index (χ1) is 9.45. The predicted octanol–water partition coefficient (Wildman–Crippen LogP) is 3.54. The summed E-state index contributed by atoms with van der Waals surface area (Å²) >= 11 is 0. The van der Waals surface area contributed by atoms with E-state index in [9.17, 15) is 18.0 Å². The molecule has 106 valence electrons. The molecule has 0 amide bonds. The van der Waals surface area contributed by atoms with Crippen LogP contribution in [0.5, 0.6) is 0 Å². The van der Waals surface area contributed by atoms with Gasteiger partial charge < -0.3 is 9.26 Å². The average molecular weight is 285 g/mol. The van der Waals surface area contributed by atoms with Gasteiger partial charge in [-0.2, -0.15) is 13.2 Å². The molecule has 0 saturated carbocycles. The Bertz CT molecular complexity index is 619. The van der Waals surface area contributed by atoms with Crippen molar-refractivity contribution < 1.29 is 27.2 Å². The number of halogens is 3. The summed E-state index contributed by atoms with van der Waals surface area (Å²) in [7, 11) is 0. The van der Waals surface area contributed by atoms with Crippen LogP contribution in [0.25, 0.3) is 11.3 Å². The molecule has 0 radical (unpaired) electrons. The SMILES string of the molecule is CCOC(=O)c1cnoc1-c1ccccc1C(F)(F)F. The van der Waals surface area contributed by atoms with Crippen LogP contribution in [0.2, 0.25) is 0 Å². The van der Waals surface area contributed by atoms with E-state index in [2.05, 4.69) is 5.16 Å². The van der Waals surface area contributed by atoms with Crippen LogP contribution in [0.1, 0.15) is 22.8 Å². The molecule has 0 aliphatic carbocycles. The number of carbonyl (C=O) groups is 1. The number of ether oxygens (including phenoxy) is 1. The van der Waals surface area contributed by atoms with E-state index in [1.165, 1.54) is 18.2 Å². The van der Waals surface area contributed by atoms with E-state index in [-0.39, 0.29) is 23.5 Å². The molecule has 0 atom stereocenters. The number of rotatable bonds is 3. The van der Waals surface area contributed by atoms with E-state index in [4.69, 9.17) is 9.26 Å². The molecule has 4 nitrogen and oxygen atoms in total. The maximum atomic E-state index is 12.9. The molecule has 0 bridgehead atoms. The van der Waals surface area contributed by atoms with Gasteiger partial charge in [0.25, 0.3) is 0 Å². The molecule has 0 aliphatic rings. The summed E-state index contributed by atoms with van der Waals surface area (Å²) in [5.41, 5.74) is -1.29. The minimum Gasteiger partial charge on any atom is -0.462 e. The third-order valence-electron chi connectivity index (χ3n) is 2.54. The molecule has 1 aromatic carbocycles. The van der Waals surface area contributed by atoms with Crippen LogP contribution in [0, 0.1) is 0 Å². The third kappa shape index (κ3) is 2.66. The maximum absolute atomic E-state index is 12.9. The second kappa shape index (κ2) is 5.36. The zero-order chi connectivity index (χ0) is 14.8. The van der Waals surface area contributed by atoms with Crippen molar-refractivity contribution in [1.29, 1.82) is 0 Å². The highest BCUT2D eigenvalue weighted by molar-refractivity contribution is 5.95. The number of nitrogens with zero attached hydrogens (tertiary/aromatic N) is 1. The Balaban J connectivity index is 2.54. The summed E-state index contributed by atoms with van der Waals surface area (Å²) in [6.07, 6.45) is -3.52. The van der Waals surface area contributed by atoms with Crippen LogP contribution >= 0.6 is 0 Å². The highest BCUT2D eigenvalue weighted by Gasteiger charge is 2.35. The number of hydrogen-bond acceptors (Lipinski definition) is 4. The number of carbonyl (C=O) groups excluding carboxylic acids is 1. The lowest BCUT2D eigenvalue weighted by Crippen LogP contribution is -2.09. The summed E-state index contributed by atoms with van der Waals surface area (Å²) in [6.45, 7) is 1.69. The van der Waals surface area contributed by atoms with Gasteiger partial charge in [-0.25, -0.2) is 4.79 Å². The van der Waals surface area contributed by atoms with Crippen LogP contribution in [-0.2, 0) is 10.9 Å². The lowest BCUT2D eigenvalue weighted by atomic mass is 10.0. The molecular weight excluding hydrogens is 275 g/mol. The number of esters is 1. The summed E-state index contributed by atoms with van der Waals surface area (Å²) in [6, 6.07) is 4.80. The molecule has 0 N–H and O–H groups in total. The maximum Gasteiger partial charge on any atom is 0.417 e. The number of aromatic nitrogens is 1. The van der Waals surface area contributed by atoms with Gasteiger partial charge in [-0.05, 0) is 13.0 Å². The predicted molar refractivity (Wildman–Crippen MR) is 62.9 cm³/mol. The fraction of sp³-hybridized carbons (Fsp3) is 0.231. The second-order valence-corrected chi connectivity index (χ2v) is 3.83. The Hall–Kier alpha value is -2.31. The van der Waals surface area contributed by atoms with Crippen molar-refractivity contribution in [2.75, 3.05) is 6.61 Å². The molecule has 1 heterocycles. The van der Waals surface area contributed by atoms with Crippen molar-refractivity contribution in [1.82, 2.24) is 5.16 Å². The fourth-order valence-corrected chi connectivity index (χ4v) is 1.72. The van der Waals surface area contributed by atoms with E-state index in [0.29, 0.717) is 0 Å². The molecule has 2 aromatic rings. The average Bonchev–Trinajstić information content (AvgIpc) is 2.87. The Kier molecular flexibility index (Phi) is 3.78. The van der Waals surface area contributed by atoms with Crippen molar-refractivity contribution in [3.63, 3.8) is 0 Å². The monoisotopic (exact) mass is 285 g/mol. The summed E-state index contributed by atoms with van der Waals surface area (Å²) in [5.74, 6) is -1.03. The first-order valence-corrected chi connectivity index (χ1v) is 5.73. The van der Waals surface area contributed by atoms with Gasteiger partial charge >= 0.3 is 12.1 Å².